The van der Waals surface area contributed by atoms with Crippen molar-refractivity contribution < 1.29 is 34.9 Å². The van der Waals surface area contributed by atoms with Crippen LogP contribution in [0.15, 0.2) is 0 Å². The molecule has 1 atom stereocenters. The van der Waals surface area contributed by atoms with E-state index in [-0.39, 0.29) is 0 Å². The molecule has 3 nitrogen and oxygen atoms in total. The van der Waals surface area contributed by atoms with Gasteiger partial charge in [-0.3, -0.25) is 0 Å². The number of rotatable bonds is 2. The molecule has 0 saturated heterocycles. The summed E-state index contributed by atoms with van der Waals surface area (Å²) in [4.78, 5) is 0. The lowest BCUT2D eigenvalue weighted by Gasteiger charge is -2.26. The highest BCUT2D eigenvalue weighted by Gasteiger charge is 2.57. The summed E-state index contributed by atoms with van der Waals surface area (Å²) in [7, 11) is -6.36. The predicted octanol–water partition coefficient (Wildman–Crippen LogP) is 0.985. The van der Waals surface area contributed by atoms with Crippen molar-refractivity contribution in [1.29, 1.82) is 0 Å². The van der Waals surface area contributed by atoms with E-state index in [2.05, 4.69) is 12.6 Å². The average molecular weight is 245 g/mol. The van der Waals surface area contributed by atoms with Crippen molar-refractivity contribution in [3.63, 3.8) is 0 Å². The van der Waals surface area contributed by atoms with Crippen LogP contribution in [0.2, 0.25) is 0 Å². The molecular weight excluding hydrogens is 243 g/mol. The van der Waals surface area contributed by atoms with E-state index in [4.69, 9.17) is 0 Å². The minimum Gasteiger partial charge on any atom is -0.743 e. The summed E-state index contributed by atoms with van der Waals surface area (Å²) in [6.45, 7) is 0. The molecule has 0 aliphatic carbocycles. The van der Waals surface area contributed by atoms with E-state index in [1.807, 2.05) is 0 Å². The van der Waals surface area contributed by atoms with Gasteiger partial charge in [0.2, 0.25) is 0 Å². The highest BCUT2D eigenvalue weighted by molar-refractivity contribution is 7.89. The number of alkyl halides is 5. The highest BCUT2D eigenvalue weighted by atomic mass is 32.2. The Morgan fingerprint density at radius 2 is 1.46 bits per heavy atom. The average Bonchev–Trinajstić information content (AvgIpc) is 1.81. The Morgan fingerprint density at radius 1 is 1.15 bits per heavy atom. The maximum absolute atomic E-state index is 12.1. The van der Waals surface area contributed by atoms with Crippen molar-refractivity contribution in [1.82, 2.24) is 0 Å². The standard InChI is InChI=1S/C3H3F5O3S2/c4-2(5,6)1(12)3(7,8)13(9,10)11/h1,12H,(H,9,10,11)/p-1. The van der Waals surface area contributed by atoms with Crippen molar-refractivity contribution in [2.45, 2.75) is 16.7 Å². The smallest absolute Gasteiger partial charge is 0.407 e. The van der Waals surface area contributed by atoms with Crippen molar-refractivity contribution in [3.05, 3.63) is 0 Å². The van der Waals surface area contributed by atoms with E-state index >= 15 is 0 Å². The third kappa shape index (κ3) is 2.68. The van der Waals surface area contributed by atoms with Gasteiger partial charge in [-0.25, -0.2) is 8.42 Å². The van der Waals surface area contributed by atoms with Crippen LogP contribution in [0, 0.1) is 0 Å². The van der Waals surface area contributed by atoms with Crippen LogP contribution >= 0.6 is 12.6 Å². The molecule has 10 heteroatoms. The molecule has 0 aliphatic heterocycles. The first kappa shape index (κ1) is 12.9. The Balaban J connectivity index is 5.09. The lowest BCUT2D eigenvalue weighted by atomic mass is 10.4. The fourth-order valence-corrected chi connectivity index (χ4v) is 1.12. The van der Waals surface area contributed by atoms with Gasteiger partial charge in [0.15, 0.2) is 15.4 Å². The summed E-state index contributed by atoms with van der Waals surface area (Å²) >= 11 is 2.33. The minimum atomic E-state index is -6.36. The summed E-state index contributed by atoms with van der Waals surface area (Å²) in [5, 5.41) is -9.28. The zero-order valence-corrected chi connectivity index (χ0v) is 7.26. The van der Waals surface area contributed by atoms with Crippen LogP contribution in [-0.2, 0) is 10.1 Å². The summed E-state index contributed by atoms with van der Waals surface area (Å²) in [6, 6.07) is 0. The molecule has 0 aromatic heterocycles. The van der Waals surface area contributed by atoms with Gasteiger partial charge in [-0.15, -0.1) is 0 Å². The quantitative estimate of drug-likeness (QED) is 0.448. The van der Waals surface area contributed by atoms with Gasteiger partial charge >= 0.3 is 11.4 Å². The molecule has 0 radical (unpaired) electrons. The molecule has 0 amide bonds. The molecule has 0 rings (SSSR count). The van der Waals surface area contributed by atoms with Gasteiger partial charge < -0.3 is 4.55 Å². The molecule has 0 saturated carbocycles. The molecule has 0 aliphatic rings. The molecule has 0 N–H and O–H groups in total. The van der Waals surface area contributed by atoms with Crippen LogP contribution < -0.4 is 0 Å². The maximum atomic E-state index is 12.1. The fourth-order valence-electron chi connectivity index (χ4n) is 0.327. The summed E-state index contributed by atoms with van der Waals surface area (Å²) in [5.74, 6) is 0. The third-order valence-electron chi connectivity index (χ3n) is 0.962. The molecule has 13 heavy (non-hydrogen) atoms. The van der Waals surface area contributed by atoms with E-state index in [1.165, 1.54) is 0 Å². The second kappa shape index (κ2) is 3.24. The molecule has 0 aromatic rings. The van der Waals surface area contributed by atoms with Gasteiger partial charge in [0.1, 0.15) is 0 Å². The van der Waals surface area contributed by atoms with Crippen molar-refractivity contribution in [2.75, 3.05) is 0 Å². The molecule has 0 aromatic carbocycles. The molecule has 0 heterocycles. The summed E-state index contributed by atoms with van der Waals surface area (Å²) < 4.78 is 87.9. The monoisotopic (exact) mass is 245 g/mol. The second-order valence-electron chi connectivity index (χ2n) is 1.96. The van der Waals surface area contributed by atoms with E-state index in [9.17, 15) is 34.9 Å². The van der Waals surface area contributed by atoms with E-state index in [0.29, 0.717) is 0 Å². The first-order chi connectivity index (χ1) is 5.40. The van der Waals surface area contributed by atoms with Gasteiger partial charge in [0.05, 0.1) is 0 Å². The normalized spacial score (nSPS) is 17.2. The maximum Gasteiger partial charge on any atom is 0.407 e. The van der Waals surface area contributed by atoms with Crippen molar-refractivity contribution in [3.8, 4) is 0 Å². The Bertz CT molecular complexity index is 280. The molecule has 0 spiro atoms. The number of thiol groups is 1. The topological polar surface area (TPSA) is 57.2 Å². The Morgan fingerprint density at radius 3 is 1.54 bits per heavy atom. The third-order valence-corrected chi connectivity index (χ3v) is 2.66. The largest absolute Gasteiger partial charge is 0.743 e. The molecule has 80 valence electrons. The lowest BCUT2D eigenvalue weighted by Crippen LogP contribution is -2.46. The Hall–Kier alpha value is -0.0900. The zero-order chi connectivity index (χ0) is 11.1. The summed E-state index contributed by atoms with van der Waals surface area (Å²) in [5.41, 5.74) is 0. The lowest BCUT2D eigenvalue weighted by molar-refractivity contribution is -0.160. The van der Waals surface area contributed by atoms with Crippen LogP contribution in [0.5, 0.6) is 0 Å². The van der Waals surface area contributed by atoms with Gasteiger partial charge in [0, 0.05) is 0 Å². The van der Waals surface area contributed by atoms with Crippen LogP contribution in [-0.4, -0.2) is 29.7 Å². The molecule has 1 unspecified atom stereocenters. The van der Waals surface area contributed by atoms with E-state index in [1.54, 1.807) is 0 Å². The van der Waals surface area contributed by atoms with Gasteiger partial charge in [-0.1, -0.05) is 0 Å². The number of hydrogen-bond donors (Lipinski definition) is 1. The minimum absolute atomic E-state index is 2.33. The van der Waals surface area contributed by atoms with Crippen molar-refractivity contribution >= 4 is 22.7 Å². The Kier molecular flexibility index (Phi) is 3.22. The van der Waals surface area contributed by atoms with Crippen LogP contribution in [0.4, 0.5) is 22.0 Å². The van der Waals surface area contributed by atoms with Gasteiger partial charge in [0.25, 0.3) is 0 Å². The first-order valence-electron chi connectivity index (χ1n) is 2.48. The van der Waals surface area contributed by atoms with E-state index < -0.39 is 26.8 Å². The van der Waals surface area contributed by atoms with Gasteiger partial charge in [-0.2, -0.15) is 34.6 Å². The SMILES string of the molecule is O=S(=O)([O-])C(F)(F)C(S)C(F)(F)F. The molecular formula is C3H2F5O3S2-. The van der Waals surface area contributed by atoms with Crippen LogP contribution in [0.1, 0.15) is 0 Å². The molecule has 0 bridgehead atoms. The van der Waals surface area contributed by atoms with Crippen LogP contribution in [0.3, 0.4) is 0 Å². The number of halogens is 5. The molecule has 0 fully saturated rings. The van der Waals surface area contributed by atoms with Crippen LogP contribution in [0.25, 0.3) is 0 Å². The highest BCUT2D eigenvalue weighted by Crippen LogP contribution is 2.38. The van der Waals surface area contributed by atoms with Crippen molar-refractivity contribution in [2.24, 2.45) is 0 Å². The van der Waals surface area contributed by atoms with E-state index in [0.717, 1.165) is 0 Å². The second-order valence-corrected chi connectivity index (χ2v) is 3.93. The fraction of sp³-hybridized carbons (Fsp3) is 1.00. The summed E-state index contributed by atoms with van der Waals surface area (Å²) in [6.07, 6.45) is -5.57. The number of hydrogen-bond acceptors (Lipinski definition) is 4. The predicted molar refractivity (Wildman–Crippen MR) is 33.5 cm³/mol. The Labute approximate surface area is 75.1 Å². The first-order valence-corrected chi connectivity index (χ1v) is 4.41. The zero-order valence-electron chi connectivity index (χ0n) is 5.55. The van der Waals surface area contributed by atoms with Gasteiger partial charge in [-0.05, 0) is 0 Å².